The van der Waals surface area contributed by atoms with Crippen molar-refractivity contribution >= 4 is 6.03 Å². The quantitative estimate of drug-likeness (QED) is 0.287. The first-order valence-corrected chi connectivity index (χ1v) is 6.18. The van der Waals surface area contributed by atoms with Gasteiger partial charge >= 0.3 is 6.03 Å². The summed E-state index contributed by atoms with van der Waals surface area (Å²) in [7, 11) is 0. The van der Waals surface area contributed by atoms with Crippen LogP contribution in [0.5, 0.6) is 0 Å². The molecule has 0 spiro atoms. The molecule has 1 fully saturated rings. The average molecular weight is 293 g/mol. The Morgan fingerprint density at radius 2 is 1.95 bits per heavy atom. The van der Waals surface area contributed by atoms with Gasteiger partial charge in [-0.25, -0.2) is 4.79 Å². The van der Waals surface area contributed by atoms with Gasteiger partial charge in [0.2, 0.25) is 0 Å². The van der Waals surface area contributed by atoms with Gasteiger partial charge in [-0.2, -0.15) is 5.01 Å². The Balaban J connectivity index is 2.70. The fourth-order valence-electron chi connectivity index (χ4n) is 1.81. The molecule has 0 aromatic heterocycles. The molecule has 10 nitrogen and oxygen atoms in total. The molecule has 20 heavy (non-hydrogen) atoms. The van der Waals surface area contributed by atoms with Crippen LogP contribution in [0.4, 0.5) is 4.79 Å². The zero-order valence-electron chi connectivity index (χ0n) is 10.9. The van der Waals surface area contributed by atoms with Gasteiger partial charge in [-0.3, -0.25) is 0 Å². The van der Waals surface area contributed by atoms with Crippen LogP contribution in [0.3, 0.4) is 0 Å². The lowest BCUT2D eigenvalue weighted by Gasteiger charge is -2.40. The van der Waals surface area contributed by atoms with Gasteiger partial charge in [-0.15, -0.1) is 4.91 Å². The maximum atomic E-state index is 11.7. The van der Waals surface area contributed by atoms with Gasteiger partial charge in [0.1, 0.15) is 24.4 Å². The normalized spacial score (nSPS) is 33.5. The van der Waals surface area contributed by atoms with Gasteiger partial charge in [0.15, 0.2) is 6.23 Å². The molecule has 116 valence electrons. The van der Waals surface area contributed by atoms with Crippen LogP contribution < -0.4 is 5.32 Å². The lowest BCUT2D eigenvalue weighted by molar-refractivity contribution is -0.233. The highest BCUT2D eigenvalue weighted by molar-refractivity contribution is 5.74. The molecular weight excluding hydrogens is 274 g/mol. The Morgan fingerprint density at radius 1 is 1.30 bits per heavy atom. The van der Waals surface area contributed by atoms with Crippen LogP contribution in [0, 0.1) is 4.91 Å². The van der Waals surface area contributed by atoms with Crippen molar-refractivity contribution in [3.8, 4) is 0 Å². The number of carbonyl (C=O) groups is 1. The summed E-state index contributed by atoms with van der Waals surface area (Å²) in [6.45, 7) is 1.20. The van der Waals surface area contributed by atoms with Crippen molar-refractivity contribution in [2.45, 2.75) is 44.0 Å². The summed E-state index contributed by atoms with van der Waals surface area (Å²) < 4.78 is 5.06. The smallest absolute Gasteiger partial charge is 0.342 e. The van der Waals surface area contributed by atoms with E-state index in [2.05, 4.69) is 10.6 Å². The lowest BCUT2D eigenvalue weighted by Crippen LogP contribution is -2.64. The van der Waals surface area contributed by atoms with E-state index in [-0.39, 0.29) is 6.54 Å². The van der Waals surface area contributed by atoms with Gasteiger partial charge in [0.05, 0.1) is 11.9 Å². The molecule has 0 aromatic rings. The summed E-state index contributed by atoms with van der Waals surface area (Å²) in [4.78, 5) is 22.2. The van der Waals surface area contributed by atoms with Crippen LogP contribution in [-0.2, 0) is 4.74 Å². The summed E-state index contributed by atoms with van der Waals surface area (Å²) in [6.07, 6.45) is -6.74. The predicted octanol–water partition coefficient (Wildman–Crippen LogP) is -2.11. The number of ether oxygens (including phenoxy) is 1. The number of amides is 2. The summed E-state index contributed by atoms with van der Waals surface area (Å²) in [5, 5.41) is 43.1. The van der Waals surface area contributed by atoms with Crippen molar-refractivity contribution in [2.24, 2.45) is 5.29 Å². The molecule has 0 saturated carbocycles. The van der Waals surface area contributed by atoms with Crippen LogP contribution in [0.2, 0.25) is 0 Å². The van der Waals surface area contributed by atoms with Gasteiger partial charge < -0.3 is 30.5 Å². The third kappa shape index (κ3) is 3.61. The van der Waals surface area contributed by atoms with Crippen LogP contribution in [0.15, 0.2) is 5.29 Å². The standard InChI is InChI=1S/C10H19N3O7/c1-2-3-13(12-19)10(18)11-9-8(17)7(16)6(15)5(4-14)20-9/h5-9,14-17H,2-4H2,1H3,(H,11,18)/t5-,6-,7+,8-,9-/m1/s1. The predicted molar refractivity (Wildman–Crippen MR) is 65.1 cm³/mol. The van der Waals surface area contributed by atoms with E-state index in [0.29, 0.717) is 11.4 Å². The fraction of sp³-hybridized carbons (Fsp3) is 0.900. The molecule has 5 N–H and O–H groups in total. The van der Waals surface area contributed by atoms with Crippen molar-refractivity contribution in [2.75, 3.05) is 13.2 Å². The molecule has 5 atom stereocenters. The first kappa shape index (κ1) is 16.7. The SMILES string of the molecule is CCCN(N=O)C(=O)N[C@@H]1O[C@H](CO)[C@@H](O)[C@H](O)[C@H]1O. The Hall–Kier alpha value is -1.33. The zero-order chi connectivity index (χ0) is 15.3. The number of urea groups is 1. The number of rotatable bonds is 5. The lowest BCUT2D eigenvalue weighted by atomic mass is 9.98. The monoisotopic (exact) mass is 293 g/mol. The number of hydrogen-bond donors (Lipinski definition) is 5. The van der Waals surface area contributed by atoms with Crippen LogP contribution in [-0.4, -0.2) is 75.3 Å². The van der Waals surface area contributed by atoms with Crippen molar-refractivity contribution in [3.05, 3.63) is 4.91 Å². The second-order valence-electron chi connectivity index (χ2n) is 4.40. The van der Waals surface area contributed by atoms with E-state index in [1.807, 2.05) is 0 Å². The number of hydrogen-bond acceptors (Lipinski definition) is 8. The molecule has 0 bridgehead atoms. The van der Waals surface area contributed by atoms with Crippen LogP contribution in [0.1, 0.15) is 13.3 Å². The highest BCUT2D eigenvalue weighted by Gasteiger charge is 2.44. The fourth-order valence-corrected chi connectivity index (χ4v) is 1.81. The molecule has 0 aliphatic carbocycles. The van der Waals surface area contributed by atoms with E-state index < -0.39 is 43.3 Å². The zero-order valence-corrected chi connectivity index (χ0v) is 10.9. The van der Waals surface area contributed by atoms with Gasteiger partial charge in [-0.05, 0) is 6.42 Å². The summed E-state index contributed by atoms with van der Waals surface area (Å²) >= 11 is 0. The first-order chi connectivity index (χ1) is 9.46. The second kappa shape index (κ2) is 7.45. The van der Waals surface area contributed by atoms with E-state index >= 15 is 0 Å². The van der Waals surface area contributed by atoms with E-state index in [9.17, 15) is 25.0 Å². The average Bonchev–Trinajstić information content (AvgIpc) is 2.45. The molecular formula is C10H19N3O7. The molecule has 0 aromatic carbocycles. The number of nitroso groups, excluding NO2 is 1. The maximum absolute atomic E-state index is 11.7. The molecule has 1 aliphatic rings. The Kier molecular flexibility index (Phi) is 6.23. The minimum absolute atomic E-state index is 0.0761. The minimum Gasteiger partial charge on any atom is -0.394 e. The van der Waals surface area contributed by atoms with Crippen molar-refractivity contribution in [1.29, 1.82) is 0 Å². The molecule has 1 saturated heterocycles. The van der Waals surface area contributed by atoms with E-state index in [1.54, 1.807) is 6.92 Å². The molecule has 2 amide bonds. The Morgan fingerprint density at radius 3 is 2.45 bits per heavy atom. The van der Waals surface area contributed by atoms with Gasteiger partial charge in [-0.1, -0.05) is 6.92 Å². The Labute approximate surface area is 114 Å². The number of nitrogens with zero attached hydrogens (tertiary/aromatic N) is 2. The molecule has 1 aliphatic heterocycles. The van der Waals surface area contributed by atoms with Gasteiger partial charge in [0, 0.05) is 6.54 Å². The van der Waals surface area contributed by atoms with Crippen molar-refractivity contribution < 1.29 is 30.0 Å². The van der Waals surface area contributed by atoms with Crippen molar-refractivity contribution in [3.63, 3.8) is 0 Å². The van der Waals surface area contributed by atoms with Gasteiger partial charge in [0.25, 0.3) is 0 Å². The second-order valence-corrected chi connectivity index (χ2v) is 4.40. The summed E-state index contributed by atoms with van der Waals surface area (Å²) in [6, 6.07) is -0.911. The number of aliphatic hydroxyl groups excluding tert-OH is 4. The highest BCUT2D eigenvalue weighted by atomic mass is 16.6. The first-order valence-electron chi connectivity index (χ1n) is 6.18. The van der Waals surface area contributed by atoms with Crippen molar-refractivity contribution in [1.82, 2.24) is 10.3 Å². The third-order valence-electron chi connectivity index (χ3n) is 2.93. The molecule has 1 heterocycles. The Bertz CT molecular complexity index is 341. The van der Waals surface area contributed by atoms with Crippen LogP contribution >= 0.6 is 0 Å². The third-order valence-corrected chi connectivity index (χ3v) is 2.93. The topological polar surface area (TPSA) is 152 Å². The number of carbonyl (C=O) groups excluding carboxylic acids is 1. The summed E-state index contributed by atoms with van der Waals surface area (Å²) in [5.74, 6) is 0. The molecule has 0 unspecified atom stereocenters. The maximum Gasteiger partial charge on any atom is 0.342 e. The summed E-state index contributed by atoms with van der Waals surface area (Å²) in [5.41, 5.74) is 0. The van der Waals surface area contributed by atoms with Crippen LogP contribution in [0.25, 0.3) is 0 Å². The number of nitrogens with one attached hydrogen (secondary N) is 1. The largest absolute Gasteiger partial charge is 0.394 e. The highest BCUT2D eigenvalue weighted by Crippen LogP contribution is 2.19. The number of aliphatic hydroxyl groups is 4. The van der Waals surface area contributed by atoms with E-state index in [1.165, 1.54) is 0 Å². The minimum atomic E-state index is -1.60. The van der Waals surface area contributed by atoms with E-state index in [4.69, 9.17) is 9.84 Å². The van der Waals surface area contributed by atoms with E-state index in [0.717, 1.165) is 0 Å². The molecule has 1 rings (SSSR count). The molecule has 10 heteroatoms. The molecule has 0 radical (unpaired) electrons.